The Hall–Kier alpha value is -1.65. The smallest absolute Gasteiger partial charge is 0.0560 e. The molecule has 0 saturated carbocycles. The molecule has 0 aliphatic heterocycles. The van der Waals surface area contributed by atoms with Crippen LogP contribution in [0.3, 0.4) is 0 Å². The third-order valence-corrected chi connectivity index (χ3v) is 6.58. The van der Waals surface area contributed by atoms with E-state index < -0.39 is 0 Å². The number of para-hydroxylation sites is 1. The van der Waals surface area contributed by atoms with Gasteiger partial charge in [0.15, 0.2) is 0 Å². The van der Waals surface area contributed by atoms with Crippen LogP contribution in [0.2, 0.25) is 10.0 Å². The second kappa shape index (κ2) is 10.8. The number of anilines is 1. The number of benzene rings is 3. The van der Waals surface area contributed by atoms with Crippen molar-refractivity contribution >= 4 is 40.7 Å². The maximum Gasteiger partial charge on any atom is 0.0560 e. The first-order valence-electron chi connectivity index (χ1n) is 9.32. The predicted octanol–water partition coefficient (Wildman–Crippen LogP) is 6.76. The topological polar surface area (TPSA) is 15.3 Å². The number of halogens is 2. The summed E-state index contributed by atoms with van der Waals surface area (Å²) in [6, 6.07) is 24.5. The summed E-state index contributed by atoms with van der Waals surface area (Å²) in [5.74, 6) is 0. The van der Waals surface area contributed by atoms with Gasteiger partial charge in [-0.3, -0.25) is 0 Å². The average molecular weight is 431 g/mol. The van der Waals surface area contributed by atoms with Crippen LogP contribution in [0.25, 0.3) is 0 Å². The Morgan fingerprint density at radius 3 is 2.29 bits per heavy atom. The molecule has 0 aliphatic rings. The van der Waals surface area contributed by atoms with E-state index >= 15 is 0 Å². The summed E-state index contributed by atoms with van der Waals surface area (Å²) < 4.78 is 0. The highest BCUT2D eigenvalue weighted by molar-refractivity contribution is 7.99. The highest BCUT2D eigenvalue weighted by Crippen LogP contribution is 2.39. The highest BCUT2D eigenvalue weighted by atomic mass is 35.5. The van der Waals surface area contributed by atoms with Crippen molar-refractivity contribution in [2.45, 2.75) is 22.8 Å². The first-order chi connectivity index (χ1) is 13.6. The summed E-state index contributed by atoms with van der Waals surface area (Å²) >= 11 is 14.3. The van der Waals surface area contributed by atoms with Gasteiger partial charge in [0.05, 0.1) is 10.0 Å². The minimum absolute atomic E-state index is 0.684. The van der Waals surface area contributed by atoms with E-state index in [9.17, 15) is 0 Å². The standard InChI is InChI=1S/C23H24Cl2N2S/c1-27(19-10-3-2-4-11-19)16-8-15-26-17-18-9-5-6-14-22(18)28-23-20(24)12-7-13-21(23)25/h2-7,9-14,26H,8,15-17H2,1H3. The third-order valence-electron chi connectivity index (χ3n) is 4.46. The van der Waals surface area contributed by atoms with Gasteiger partial charge in [0, 0.05) is 35.6 Å². The molecule has 0 radical (unpaired) electrons. The Morgan fingerprint density at radius 2 is 1.54 bits per heavy atom. The van der Waals surface area contributed by atoms with Crippen molar-refractivity contribution in [1.29, 1.82) is 0 Å². The number of nitrogens with zero attached hydrogens (tertiary/aromatic N) is 1. The van der Waals surface area contributed by atoms with Crippen LogP contribution in [0.15, 0.2) is 82.6 Å². The second-order valence-corrected chi connectivity index (χ2v) is 8.41. The molecule has 1 N–H and O–H groups in total. The van der Waals surface area contributed by atoms with Crippen LogP contribution in [0.1, 0.15) is 12.0 Å². The quantitative estimate of drug-likeness (QED) is 0.377. The second-order valence-electron chi connectivity index (χ2n) is 6.55. The van der Waals surface area contributed by atoms with Gasteiger partial charge >= 0.3 is 0 Å². The Kier molecular flexibility index (Phi) is 8.11. The van der Waals surface area contributed by atoms with E-state index in [2.05, 4.69) is 59.7 Å². The molecule has 0 aromatic heterocycles. The van der Waals surface area contributed by atoms with Crippen molar-refractivity contribution in [1.82, 2.24) is 5.32 Å². The van der Waals surface area contributed by atoms with Gasteiger partial charge in [0.1, 0.15) is 0 Å². The van der Waals surface area contributed by atoms with E-state index in [1.807, 2.05) is 30.3 Å². The van der Waals surface area contributed by atoms with Crippen LogP contribution in [0.5, 0.6) is 0 Å². The Morgan fingerprint density at radius 1 is 0.857 bits per heavy atom. The van der Waals surface area contributed by atoms with Gasteiger partial charge in [-0.05, 0) is 48.9 Å². The van der Waals surface area contributed by atoms with Crippen LogP contribution in [0.4, 0.5) is 5.69 Å². The molecule has 0 bridgehead atoms. The molecular formula is C23H24Cl2N2S. The predicted molar refractivity (Wildman–Crippen MR) is 123 cm³/mol. The van der Waals surface area contributed by atoms with Crippen molar-refractivity contribution in [3.05, 3.63) is 88.4 Å². The zero-order valence-corrected chi connectivity index (χ0v) is 18.2. The van der Waals surface area contributed by atoms with Gasteiger partial charge in [-0.1, -0.05) is 77.4 Å². The van der Waals surface area contributed by atoms with Gasteiger partial charge in [-0.25, -0.2) is 0 Å². The summed E-state index contributed by atoms with van der Waals surface area (Å²) in [6.07, 6.45) is 1.08. The molecule has 0 aliphatic carbocycles. The highest BCUT2D eigenvalue weighted by Gasteiger charge is 2.10. The third kappa shape index (κ3) is 5.92. The molecular weight excluding hydrogens is 407 g/mol. The van der Waals surface area contributed by atoms with E-state index in [1.165, 1.54) is 16.1 Å². The molecule has 0 atom stereocenters. The monoisotopic (exact) mass is 430 g/mol. The van der Waals surface area contributed by atoms with Gasteiger partial charge in [-0.2, -0.15) is 0 Å². The molecule has 28 heavy (non-hydrogen) atoms. The van der Waals surface area contributed by atoms with E-state index in [-0.39, 0.29) is 0 Å². The molecule has 3 aromatic rings. The lowest BCUT2D eigenvalue weighted by molar-refractivity contribution is 0.641. The van der Waals surface area contributed by atoms with E-state index in [0.717, 1.165) is 31.0 Å². The molecule has 0 fully saturated rings. The van der Waals surface area contributed by atoms with Crippen molar-refractivity contribution in [3.63, 3.8) is 0 Å². The largest absolute Gasteiger partial charge is 0.375 e. The summed E-state index contributed by atoms with van der Waals surface area (Å²) in [5, 5.41) is 4.93. The first kappa shape index (κ1) is 21.1. The van der Waals surface area contributed by atoms with Gasteiger partial charge in [-0.15, -0.1) is 0 Å². The zero-order chi connectivity index (χ0) is 19.8. The molecule has 0 spiro atoms. The van der Waals surface area contributed by atoms with E-state index in [0.29, 0.717) is 10.0 Å². The Bertz CT molecular complexity index is 867. The minimum Gasteiger partial charge on any atom is -0.375 e. The van der Waals surface area contributed by atoms with Crippen LogP contribution in [0, 0.1) is 0 Å². The molecule has 0 amide bonds. The van der Waals surface area contributed by atoms with Crippen LogP contribution >= 0.6 is 35.0 Å². The molecule has 0 saturated heterocycles. The summed E-state index contributed by atoms with van der Waals surface area (Å²) in [7, 11) is 2.13. The maximum absolute atomic E-state index is 6.33. The fraction of sp³-hybridized carbons (Fsp3) is 0.217. The summed E-state index contributed by atoms with van der Waals surface area (Å²) in [4.78, 5) is 4.36. The molecule has 3 rings (SSSR count). The molecule has 2 nitrogen and oxygen atoms in total. The van der Waals surface area contributed by atoms with Crippen molar-refractivity contribution in [2.75, 3.05) is 25.0 Å². The van der Waals surface area contributed by atoms with Crippen molar-refractivity contribution in [2.24, 2.45) is 0 Å². The fourth-order valence-electron chi connectivity index (χ4n) is 2.92. The normalized spacial score (nSPS) is 10.8. The number of rotatable bonds is 9. The Labute approximate surface area is 181 Å². The lowest BCUT2D eigenvalue weighted by Gasteiger charge is -2.19. The molecule has 0 heterocycles. The minimum atomic E-state index is 0.684. The van der Waals surface area contributed by atoms with E-state index in [1.54, 1.807) is 11.8 Å². The number of hydrogen-bond donors (Lipinski definition) is 1. The summed E-state index contributed by atoms with van der Waals surface area (Å²) in [5.41, 5.74) is 2.50. The van der Waals surface area contributed by atoms with Gasteiger partial charge in [0.2, 0.25) is 0 Å². The van der Waals surface area contributed by atoms with Crippen LogP contribution in [-0.2, 0) is 6.54 Å². The lowest BCUT2D eigenvalue weighted by atomic mass is 10.2. The lowest BCUT2D eigenvalue weighted by Crippen LogP contribution is -2.23. The van der Waals surface area contributed by atoms with Gasteiger partial charge < -0.3 is 10.2 Å². The summed E-state index contributed by atoms with van der Waals surface area (Å²) in [6.45, 7) is 2.80. The van der Waals surface area contributed by atoms with Crippen molar-refractivity contribution in [3.8, 4) is 0 Å². The molecule has 0 unspecified atom stereocenters. The average Bonchev–Trinajstić information content (AvgIpc) is 2.72. The molecule has 5 heteroatoms. The van der Waals surface area contributed by atoms with Crippen LogP contribution in [-0.4, -0.2) is 20.1 Å². The first-order valence-corrected chi connectivity index (χ1v) is 10.9. The maximum atomic E-state index is 6.33. The molecule has 146 valence electrons. The number of hydrogen-bond acceptors (Lipinski definition) is 3. The number of nitrogens with one attached hydrogen (secondary N) is 1. The van der Waals surface area contributed by atoms with Crippen molar-refractivity contribution < 1.29 is 0 Å². The van der Waals surface area contributed by atoms with Crippen LogP contribution < -0.4 is 10.2 Å². The van der Waals surface area contributed by atoms with E-state index in [4.69, 9.17) is 23.2 Å². The zero-order valence-electron chi connectivity index (χ0n) is 15.9. The Balaban J connectivity index is 1.51. The van der Waals surface area contributed by atoms with Gasteiger partial charge in [0.25, 0.3) is 0 Å². The molecule has 3 aromatic carbocycles. The SMILES string of the molecule is CN(CCCNCc1ccccc1Sc1c(Cl)cccc1Cl)c1ccccc1. The fourth-order valence-corrected chi connectivity index (χ4v) is 4.51.